The number of nitrogens with zero attached hydrogens (tertiary/aromatic N) is 2. The van der Waals surface area contributed by atoms with Crippen LogP contribution >= 0.6 is 0 Å². The lowest BCUT2D eigenvalue weighted by Crippen LogP contribution is -2.15. The molecular weight excluding hydrogens is 355 g/mol. The Hall–Kier alpha value is -3.26. The van der Waals surface area contributed by atoms with E-state index < -0.39 is 10.0 Å². The Morgan fingerprint density at radius 3 is 2.46 bits per heavy atom. The van der Waals surface area contributed by atoms with Crippen molar-refractivity contribution in [1.29, 1.82) is 0 Å². The van der Waals surface area contributed by atoms with Gasteiger partial charge in [0.1, 0.15) is 5.82 Å². The van der Waals surface area contributed by atoms with Gasteiger partial charge in [0.05, 0.1) is 10.6 Å². The van der Waals surface area contributed by atoms with E-state index in [0.717, 1.165) is 0 Å². The van der Waals surface area contributed by atoms with E-state index in [4.69, 9.17) is 5.73 Å². The molecule has 0 unspecified atom stereocenters. The zero-order chi connectivity index (χ0) is 18.6. The van der Waals surface area contributed by atoms with Crippen molar-refractivity contribution in [2.75, 3.05) is 10.5 Å². The average Bonchev–Trinajstić information content (AvgIpc) is 2.61. The van der Waals surface area contributed by atoms with Crippen molar-refractivity contribution in [2.24, 2.45) is 0 Å². The van der Waals surface area contributed by atoms with Gasteiger partial charge in [-0.05, 0) is 48.6 Å². The predicted molar refractivity (Wildman–Crippen MR) is 99.0 cm³/mol. The Labute approximate surface area is 150 Å². The van der Waals surface area contributed by atoms with Crippen LogP contribution in [0.15, 0.2) is 65.7 Å². The first-order valence-electron chi connectivity index (χ1n) is 7.58. The van der Waals surface area contributed by atoms with Gasteiger partial charge in [0.25, 0.3) is 10.0 Å². The fraction of sp³-hybridized carbons (Fsp3) is 0. The molecule has 0 saturated carbocycles. The van der Waals surface area contributed by atoms with E-state index >= 15 is 0 Å². The van der Waals surface area contributed by atoms with Gasteiger partial charge >= 0.3 is 0 Å². The van der Waals surface area contributed by atoms with Crippen LogP contribution in [-0.2, 0) is 10.0 Å². The zero-order valence-electron chi connectivity index (χ0n) is 13.5. The number of hydrogen-bond donors (Lipinski definition) is 2. The van der Waals surface area contributed by atoms with Gasteiger partial charge in [0.2, 0.25) is 5.95 Å². The minimum Gasteiger partial charge on any atom is -0.399 e. The van der Waals surface area contributed by atoms with E-state index in [1.165, 1.54) is 36.5 Å². The number of halogens is 1. The van der Waals surface area contributed by atoms with Gasteiger partial charge in [-0.25, -0.2) is 27.5 Å². The average molecular weight is 370 g/mol. The number of anilines is 2. The van der Waals surface area contributed by atoms with E-state index in [2.05, 4.69) is 14.7 Å². The van der Waals surface area contributed by atoms with Crippen LogP contribution in [0.4, 0.5) is 16.0 Å². The highest BCUT2D eigenvalue weighted by Gasteiger charge is 2.15. The van der Waals surface area contributed by atoms with Crippen LogP contribution in [-0.4, -0.2) is 18.4 Å². The molecule has 1 heterocycles. The summed E-state index contributed by atoms with van der Waals surface area (Å²) < 4.78 is 40.6. The molecule has 0 fully saturated rings. The zero-order valence-corrected chi connectivity index (χ0v) is 14.3. The Kier molecular flexibility index (Phi) is 4.94. The van der Waals surface area contributed by atoms with Crippen LogP contribution in [0.5, 0.6) is 0 Å². The molecule has 3 rings (SSSR count). The third kappa shape index (κ3) is 4.22. The van der Waals surface area contributed by atoms with Crippen LogP contribution in [0, 0.1) is 5.82 Å². The lowest BCUT2D eigenvalue weighted by atomic mass is 10.2. The first-order valence-corrected chi connectivity index (χ1v) is 9.06. The van der Waals surface area contributed by atoms with Crippen molar-refractivity contribution in [2.45, 2.75) is 4.90 Å². The highest BCUT2D eigenvalue weighted by molar-refractivity contribution is 7.92. The molecule has 0 saturated heterocycles. The summed E-state index contributed by atoms with van der Waals surface area (Å²) in [6, 6.07) is 13.6. The van der Waals surface area contributed by atoms with Gasteiger partial charge in [-0.3, -0.25) is 0 Å². The lowest BCUT2D eigenvalue weighted by molar-refractivity contribution is 0.601. The predicted octanol–water partition coefficient (Wildman–Crippen LogP) is 3.17. The van der Waals surface area contributed by atoms with Crippen LogP contribution in [0.25, 0.3) is 12.2 Å². The van der Waals surface area contributed by atoms with Crippen molar-refractivity contribution in [3.63, 3.8) is 0 Å². The molecule has 0 radical (unpaired) electrons. The number of hydrogen-bond acceptors (Lipinski definition) is 5. The maximum atomic E-state index is 13.6. The second-order valence-electron chi connectivity index (χ2n) is 5.33. The second kappa shape index (κ2) is 7.32. The molecule has 6 nitrogen and oxygen atoms in total. The fourth-order valence-electron chi connectivity index (χ4n) is 2.13. The number of nitrogens with one attached hydrogen (secondary N) is 1. The molecule has 0 aliphatic rings. The van der Waals surface area contributed by atoms with E-state index in [1.807, 2.05) is 0 Å². The molecule has 3 N–H and O–H groups in total. The Balaban J connectivity index is 1.81. The summed E-state index contributed by atoms with van der Waals surface area (Å²) in [4.78, 5) is 8.06. The van der Waals surface area contributed by atoms with Gasteiger partial charge in [-0.2, -0.15) is 0 Å². The quantitative estimate of drug-likeness (QED) is 0.672. The third-order valence-corrected chi connectivity index (χ3v) is 4.78. The van der Waals surface area contributed by atoms with Crippen molar-refractivity contribution >= 4 is 33.8 Å². The van der Waals surface area contributed by atoms with Gasteiger partial charge in [0.15, 0.2) is 0 Å². The highest BCUT2D eigenvalue weighted by atomic mass is 32.2. The molecule has 132 valence electrons. The summed E-state index contributed by atoms with van der Waals surface area (Å²) in [5, 5.41) is 0. The molecule has 3 aromatic rings. The maximum absolute atomic E-state index is 13.6. The van der Waals surface area contributed by atoms with E-state index in [0.29, 0.717) is 16.9 Å². The SMILES string of the molecule is Nc1ccc(S(=O)(=O)Nc2nccc(/C=C/c3ccccc3F)n2)cc1. The summed E-state index contributed by atoms with van der Waals surface area (Å²) >= 11 is 0. The van der Waals surface area contributed by atoms with Gasteiger partial charge in [0, 0.05) is 17.4 Å². The second-order valence-corrected chi connectivity index (χ2v) is 7.02. The van der Waals surface area contributed by atoms with Gasteiger partial charge in [-0.15, -0.1) is 0 Å². The maximum Gasteiger partial charge on any atom is 0.264 e. The molecule has 2 aromatic carbocycles. The molecule has 8 heteroatoms. The monoisotopic (exact) mass is 370 g/mol. The molecule has 26 heavy (non-hydrogen) atoms. The van der Waals surface area contributed by atoms with Gasteiger partial charge in [-0.1, -0.05) is 18.2 Å². The Morgan fingerprint density at radius 1 is 1.00 bits per heavy atom. The van der Waals surface area contributed by atoms with Gasteiger partial charge < -0.3 is 5.73 Å². The highest BCUT2D eigenvalue weighted by Crippen LogP contribution is 2.16. The van der Waals surface area contributed by atoms with Crippen molar-refractivity contribution in [3.05, 3.63) is 77.9 Å². The van der Waals surface area contributed by atoms with Crippen LogP contribution in [0.3, 0.4) is 0 Å². The standard InChI is InChI=1S/C18H15FN4O2S/c19-17-4-2-1-3-13(17)5-8-15-11-12-21-18(22-15)23-26(24,25)16-9-6-14(20)7-10-16/h1-12H,20H2,(H,21,22,23)/b8-5+. The fourth-order valence-corrected chi connectivity index (χ4v) is 3.08. The molecule has 0 spiro atoms. The first kappa shape index (κ1) is 17.6. The number of nitrogens with two attached hydrogens (primary N) is 1. The lowest BCUT2D eigenvalue weighted by Gasteiger charge is -2.07. The van der Waals surface area contributed by atoms with E-state index in [9.17, 15) is 12.8 Å². The molecule has 0 amide bonds. The topological polar surface area (TPSA) is 98.0 Å². The number of sulfonamides is 1. The number of aromatic nitrogens is 2. The summed E-state index contributed by atoms with van der Waals surface area (Å²) in [6.07, 6.45) is 4.53. The minimum absolute atomic E-state index is 0.0441. The third-order valence-electron chi connectivity index (χ3n) is 3.43. The summed E-state index contributed by atoms with van der Waals surface area (Å²) in [5.41, 5.74) is 6.85. The largest absolute Gasteiger partial charge is 0.399 e. The molecule has 0 atom stereocenters. The van der Waals surface area contributed by atoms with Crippen LogP contribution < -0.4 is 10.5 Å². The van der Waals surface area contributed by atoms with E-state index in [-0.39, 0.29) is 16.7 Å². The summed E-state index contributed by atoms with van der Waals surface area (Å²) in [6.45, 7) is 0. The Morgan fingerprint density at radius 2 is 1.73 bits per heavy atom. The summed E-state index contributed by atoms with van der Waals surface area (Å²) in [7, 11) is -3.84. The molecule has 0 aliphatic carbocycles. The van der Waals surface area contributed by atoms with Crippen molar-refractivity contribution in [1.82, 2.24) is 9.97 Å². The number of rotatable bonds is 5. The van der Waals surface area contributed by atoms with E-state index in [1.54, 1.807) is 36.4 Å². The van der Waals surface area contributed by atoms with Crippen molar-refractivity contribution in [3.8, 4) is 0 Å². The van der Waals surface area contributed by atoms with Crippen LogP contribution in [0.1, 0.15) is 11.3 Å². The normalized spacial score (nSPS) is 11.6. The van der Waals surface area contributed by atoms with Crippen molar-refractivity contribution < 1.29 is 12.8 Å². The first-order chi connectivity index (χ1) is 12.4. The smallest absolute Gasteiger partial charge is 0.264 e. The molecular formula is C18H15FN4O2S. The summed E-state index contributed by atoms with van der Waals surface area (Å²) in [5.74, 6) is -0.445. The number of nitrogen functional groups attached to an aromatic ring is 1. The van der Waals surface area contributed by atoms with Crippen LogP contribution in [0.2, 0.25) is 0 Å². The number of benzene rings is 2. The molecule has 1 aromatic heterocycles. The molecule has 0 aliphatic heterocycles. The minimum atomic E-state index is -3.84. The molecule has 0 bridgehead atoms. The Bertz CT molecular complexity index is 1050.